The van der Waals surface area contributed by atoms with E-state index in [2.05, 4.69) is 11.1 Å². The Balaban J connectivity index is 2.07. The molecule has 64 valence electrons. The first kappa shape index (κ1) is 6.90. The number of nitrogens with zero attached hydrogens (tertiary/aromatic N) is 2. The second-order valence-electron chi connectivity index (χ2n) is 3.65. The molecule has 0 N–H and O–H groups in total. The van der Waals surface area contributed by atoms with Gasteiger partial charge in [0.1, 0.15) is 11.2 Å². The van der Waals surface area contributed by atoms with Crippen molar-refractivity contribution in [1.29, 1.82) is 5.26 Å². The fourth-order valence-electron chi connectivity index (χ4n) is 2.08. The Kier molecular flexibility index (Phi) is 1.07. The van der Waals surface area contributed by atoms with Crippen LogP contribution < -0.4 is 0 Å². The maximum absolute atomic E-state index is 9.06. The molecule has 1 aliphatic carbocycles. The lowest BCUT2D eigenvalue weighted by Gasteiger charge is -2.02. The van der Waals surface area contributed by atoms with Gasteiger partial charge in [-0.05, 0) is 18.6 Å². The van der Waals surface area contributed by atoms with Gasteiger partial charge in [0.05, 0.1) is 18.0 Å². The highest BCUT2D eigenvalue weighted by molar-refractivity contribution is 6.08. The van der Waals surface area contributed by atoms with E-state index < -0.39 is 0 Å². The van der Waals surface area contributed by atoms with Crippen LogP contribution >= 0.6 is 0 Å². The van der Waals surface area contributed by atoms with Crippen molar-refractivity contribution < 1.29 is 4.42 Å². The van der Waals surface area contributed by atoms with E-state index in [0.717, 1.165) is 24.4 Å². The van der Waals surface area contributed by atoms with Crippen LogP contribution in [0.5, 0.6) is 0 Å². The van der Waals surface area contributed by atoms with Crippen molar-refractivity contribution in [2.75, 3.05) is 6.54 Å². The van der Waals surface area contributed by atoms with E-state index in [4.69, 9.17) is 9.68 Å². The molecule has 0 aromatic carbocycles. The van der Waals surface area contributed by atoms with E-state index >= 15 is 0 Å². The average molecular weight is 172 g/mol. The first-order valence-electron chi connectivity index (χ1n) is 4.37. The monoisotopic (exact) mass is 172 g/mol. The van der Waals surface area contributed by atoms with Crippen molar-refractivity contribution in [3.05, 3.63) is 24.2 Å². The van der Waals surface area contributed by atoms with Gasteiger partial charge in [-0.2, -0.15) is 5.26 Å². The molecule has 1 saturated carbocycles. The maximum atomic E-state index is 9.06. The molecule has 1 aliphatic heterocycles. The van der Waals surface area contributed by atoms with E-state index in [1.54, 1.807) is 6.26 Å². The second kappa shape index (κ2) is 2.02. The molecular formula is C10H8N2O. The zero-order valence-electron chi connectivity index (χ0n) is 7.03. The summed E-state index contributed by atoms with van der Waals surface area (Å²) < 4.78 is 5.26. The number of furan rings is 1. The summed E-state index contributed by atoms with van der Waals surface area (Å²) in [5, 5.41) is 9.06. The smallest absolute Gasteiger partial charge is 0.149 e. The zero-order chi connectivity index (χ0) is 8.89. The van der Waals surface area contributed by atoms with E-state index in [9.17, 15) is 0 Å². The molecule has 3 nitrogen and oxygen atoms in total. The third kappa shape index (κ3) is 0.707. The summed E-state index contributed by atoms with van der Waals surface area (Å²) in [5.41, 5.74) is 0.572. The SMILES string of the molecule is N#C[C@]12C[C@H]1CN=C2c1ccco1. The summed E-state index contributed by atoms with van der Waals surface area (Å²) in [7, 11) is 0. The normalized spacial score (nSPS) is 35.0. The largest absolute Gasteiger partial charge is 0.463 e. The van der Waals surface area contributed by atoms with Gasteiger partial charge in [0.15, 0.2) is 0 Å². The predicted molar refractivity (Wildman–Crippen MR) is 46.3 cm³/mol. The Labute approximate surface area is 75.7 Å². The number of rotatable bonds is 1. The summed E-state index contributed by atoms with van der Waals surface area (Å²) >= 11 is 0. The van der Waals surface area contributed by atoms with E-state index in [0.29, 0.717) is 5.92 Å². The zero-order valence-corrected chi connectivity index (χ0v) is 7.03. The van der Waals surface area contributed by atoms with Gasteiger partial charge in [-0.15, -0.1) is 0 Å². The highest BCUT2D eigenvalue weighted by Crippen LogP contribution is 2.58. The molecule has 0 saturated heterocycles. The molecular weight excluding hydrogens is 164 g/mol. The molecule has 0 spiro atoms. The van der Waals surface area contributed by atoms with Gasteiger partial charge >= 0.3 is 0 Å². The first-order valence-corrected chi connectivity index (χ1v) is 4.37. The molecule has 13 heavy (non-hydrogen) atoms. The van der Waals surface area contributed by atoms with E-state index in [1.807, 2.05) is 12.1 Å². The Morgan fingerprint density at radius 3 is 3.23 bits per heavy atom. The van der Waals surface area contributed by atoms with Crippen molar-refractivity contribution in [2.24, 2.45) is 16.3 Å². The minimum atomic E-state index is -0.294. The molecule has 0 radical (unpaired) electrons. The van der Waals surface area contributed by atoms with E-state index in [1.165, 1.54) is 0 Å². The molecule has 0 bridgehead atoms. The molecule has 1 aromatic heterocycles. The van der Waals surface area contributed by atoms with Crippen molar-refractivity contribution in [1.82, 2.24) is 0 Å². The molecule has 0 amide bonds. The molecule has 3 rings (SSSR count). The lowest BCUT2D eigenvalue weighted by Crippen LogP contribution is -2.12. The Hall–Kier alpha value is -1.56. The van der Waals surface area contributed by atoms with Crippen molar-refractivity contribution in [2.45, 2.75) is 6.42 Å². The lowest BCUT2D eigenvalue weighted by molar-refractivity contribution is 0.552. The maximum Gasteiger partial charge on any atom is 0.149 e. The van der Waals surface area contributed by atoms with Crippen LogP contribution in [0.25, 0.3) is 0 Å². The quantitative estimate of drug-likeness (QED) is 0.646. The standard InChI is InChI=1S/C10H8N2O/c11-6-10-4-7(10)5-12-9(10)8-2-1-3-13-8/h1-3,7H,4-5H2/t7-,10+/m0/s1. The molecule has 0 unspecified atom stereocenters. The topological polar surface area (TPSA) is 49.3 Å². The number of hydrogen-bond acceptors (Lipinski definition) is 3. The van der Waals surface area contributed by atoms with Gasteiger partial charge in [-0.3, -0.25) is 4.99 Å². The fourth-order valence-corrected chi connectivity index (χ4v) is 2.08. The number of aliphatic imine (C=N–C) groups is 1. The third-order valence-electron chi connectivity index (χ3n) is 2.95. The van der Waals surface area contributed by atoms with Gasteiger partial charge < -0.3 is 4.42 Å². The number of nitriles is 1. The van der Waals surface area contributed by atoms with Gasteiger partial charge in [0, 0.05) is 12.5 Å². The summed E-state index contributed by atoms with van der Waals surface area (Å²) in [6.07, 6.45) is 2.58. The lowest BCUT2D eigenvalue weighted by atomic mass is 9.99. The molecule has 1 aromatic rings. The molecule has 3 heteroatoms. The summed E-state index contributed by atoms with van der Waals surface area (Å²) in [4.78, 5) is 4.35. The van der Waals surface area contributed by atoms with Crippen molar-refractivity contribution in [3.8, 4) is 6.07 Å². The second-order valence-corrected chi connectivity index (χ2v) is 3.65. The minimum Gasteiger partial charge on any atom is -0.463 e. The average Bonchev–Trinajstić information content (AvgIpc) is 2.57. The van der Waals surface area contributed by atoms with Gasteiger partial charge in [-0.1, -0.05) is 0 Å². The number of hydrogen-bond donors (Lipinski definition) is 0. The van der Waals surface area contributed by atoms with Gasteiger partial charge in [0.25, 0.3) is 0 Å². The third-order valence-corrected chi connectivity index (χ3v) is 2.95. The van der Waals surface area contributed by atoms with Crippen LogP contribution in [0.15, 0.2) is 27.8 Å². The predicted octanol–water partition coefficient (Wildman–Crippen LogP) is 1.61. The van der Waals surface area contributed by atoms with Gasteiger partial charge in [-0.25, -0.2) is 0 Å². The fraction of sp³-hybridized carbons (Fsp3) is 0.400. The summed E-state index contributed by atoms with van der Waals surface area (Å²) in [6.45, 7) is 0.795. The van der Waals surface area contributed by atoms with Crippen LogP contribution in [0.4, 0.5) is 0 Å². The minimum absolute atomic E-state index is 0.294. The van der Waals surface area contributed by atoms with Crippen LogP contribution in [-0.4, -0.2) is 12.3 Å². The first-order chi connectivity index (χ1) is 6.37. The van der Waals surface area contributed by atoms with Crippen LogP contribution in [0, 0.1) is 22.7 Å². The molecule has 2 heterocycles. The van der Waals surface area contributed by atoms with Crippen molar-refractivity contribution >= 4 is 5.71 Å². The highest BCUT2D eigenvalue weighted by Gasteiger charge is 2.62. The Bertz CT molecular complexity index is 413. The van der Waals surface area contributed by atoms with Crippen molar-refractivity contribution in [3.63, 3.8) is 0 Å². The summed E-state index contributed by atoms with van der Waals surface area (Å²) in [5.74, 6) is 1.22. The Morgan fingerprint density at radius 1 is 1.69 bits per heavy atom. The van der Waals surface area contributed by atoms with Crippen LogP contribution in [0.2, 0.25) is 0 Å². The molecule has 1 fully saturated rings. The molecule has 2 aliphatic rings. The Morgan fingerprint density at radius 2 is 2.62 bits per heavy atom. The number of fused-ring (bicyclic) bond motifs is 1. The van der Waals surface area contributed by atoms with Crippen LogP contribution in [0.3, 0.4) is 0 Å². The van der Waals surface area contributed by atoms with Crippen LogP contribution in [-0.2, 0) is 0 Å². The van der Waals surface area contributed by atoms with Gasteiger partial charge in [0.2, 0.25) is 0 Å². The summed E-state index contributed by atoms with van der Waals surface area (Å²) in [6, 6.07) is 6.07. The van der Waals surface area contributed by atoms with E-state index in [-0.39, 0.29) is 5.41 Å². The van der Waals surface area contributed by atoms with Crippen LogP contribution in [0.1, 0.15) is 12.2 Å². The molecule has 2 atom stereocenters. The highest BCUT2D eigenvalue weighted by atomic mass is 16.3.